The van der Waals surface area contributed by atoms with E-state index in [2.05, 4.69) is 29.2 Å². The lowest BCUT2D eigenvalue weighted by Crippen LogP contribution is -2.35. The molecule has 0 heterocycles. The van der Waals surface area contributed by atoms with E-state index in [0.29, 0.717) is 6.54 Å². The van der Waals surface area contributed by atoms with E-state index in [9.17, 15) is 5.11 Å². The topological polar surface area (TPSA) is 32.7 Å². The largest absolute Gasteiger partial charge is 0.491 e. The van der Waals surface area contributed by atoms with Crippen molar-refractivity contribution in [1.29, 1.82) is 0 Å². The molecule has 0 aliphatic rings. The quantitative estimate of drug-likeness (QED) is 0.654. The lowest BCUT2D eigenvalue weighted by Gasteiger charge is -2.27. The van der Waals surface area contributed by atoms with Crippen LogP contribution in [-0.4, -0.2) is 24.4 Å². The van der Waals surface area contributed by atoms with Crippen molar-refractivity contribution in [3.63, 3.8) is 0 Å². The van der Waals surface area contributed by atoms with Crippen molar-refractivity contribution < 1.29 is 9.84 Å². The summed E-state index contributed by atoms with van der Waals surface area (Å²) < 4.78 is 5.73. The first-order valence-corrected chi connectivity index (χ1v) is 8.92. The van der Waals surface area contributed by atoms with Crippen molar-refractivity contribution in [2.75, 3.05) is 18.1 Å². The second-order valence-electron chi connectivity index (χ2n) is 6.48. The maximum Gasteiger partial charge on any atom is 0.119 e. The maximum absolute atomic E-state index is 10.5. The minimum absolute atomic E-state index is 0.265. The Morgan fingerprint density at radius 3 is 2.12 bits per heavy atom. The molecule has 26 heavy (non-hydrogen) atoms. The molecule has 0 aliphatic heterocycles. The van der Waals surface area contributed by atoms with Crippen LogP contribution in [0, 0.1) is 6.92 Å². The molecule has 0 aliphatic carbocycles. The Labute approximate surface area is 155 Å². The fourth-order valence-electron chi connectivity index (χ4n) is 2.84. The third-order valence-corrected chi connectivity index (χ3v) is 4.23. The first kappa shape index (κ1) is 18.0. The molecule has 0 radical (unpaired) electrons. The molecule has 0 saturated carbocycles. The number of nitrogens with zero attached hydrogens (tertiary/aromatic N) is 1. The van der Waals surface area contributed by atoms with Crippen LogP contribution in [0.4, 0.5) is 5.69 Å². The molecule has 1 atom stereocenters. The highest BCUT2D eigenvalue weighted by Crippen LogP contribution is 2.18. The Morgan fingerprint density at radius 2 is 1.46 bits per heavy atom. The summed E-state index contributed by atoms with van der Waals surface area (Å²) in [5.41, 5.74) is 3.49. The van der Waals surface area contributed by atoms with Crippen LogP contribution in [0.5, 0.6) is 5.75 Å². The summed E-state index contributed by atoms with van der Waals surface area (Å²) in [5, 5.41) is 10.5. The standard InChI is InChI=1S/C23H25NO2/c1-19-12-14-23(15-13-19)26-18-22(25)17-24(21-10-6-3-7-11-21)16-20-8-4-2-5-9-20/h2-15,22,25H,16-18H2,1H3. The minimum atomic E-state index is -0.583. The van der Waals surface area contributed by atoms with E-state index < -0.39 is 6.10 Å². The van der Waals surface area contributed by atoms with E-state index in [1.807, 2.05) is 67.6 Å². The summed E-state index contributed by atoms with van der Waals surface area (Å²) in [7, 11) is 0. The lowest BCUT2D eigenvalue weighted by molar-refractivity contribution is 0.112. The van der Waals surface area contributed by atoms with Gasteiger partial charge in [-0.15, -0.1) is 0 Å². The van der Waals surface area contributed by atoms with Gasteiger partial charge >= 0.3 is 0 Å². The average molecular weight is 347 g/mol. The monoisotopic (exact) mass is 347 g/mol. The molecule has 134 valence electrons. The number of aliphatic hydroxyl groups is 1. The van der Waals surface area contributed by atoms with Gasteiger partial charge in [-0.3, -0.25) is 0 Å². The van der Waals surface area contributed by atoms with Gasteiger partial charge in [0.25, 0.3) is 0 Å². The van der Waals surface area contributed by atoms with E-state index in [-0.39, 0.29) is 6.61 Å². The summed E-state index contributed by atoms with van der Waals surface area (Å²) in [6.07, 6.45) is -0.583. The molecule has 3 nitrogen and oxygen atoms in total. The zero-order chi connectivity index (χ0) is 18.2. The number of para-hydroxylation sites is 1. The molecule has 3 aromatic rings. The van der Waals surface area contributed by atoms with Gasteiger partial charge in [0, 0.05) is 18.8 Å². The SMILES string of the molecule is Cc1ccc(OCC(O)CN(Cc2ccccc2)c2ccccc2)cc1. The van der Waals surface area contributed by atoms with Gasteiger partial charge in [0.2, 0.25) is 0 Å². The summed E-state index contributed by atoms with van der Waals surface area (Å²) in [5.74, 6) is 0.781. The van der Waals surface area contributed by atoms with Gasteiger partial charge in [-0.1, -0.05) is 66.2 Å². The van der Waals surface area contributed by atoms with Crippen LogP contribution >= 0.6 is 0 Å². The highest BCUT2D eigenvalue weighted by molar-refractivity contribution is 5.46. The number of hydrogen-bond donors (Lipinski definition) is 1. The molecule has 3 heteroatoms. The molecule has 1 N–H and O–H groups in total. The number of aliphatic hydroxyl groups excluding tert-OH is 1. The first-order chi connectivity index (χ1) is 12.7. The predicted octanol–water partition coefficient (Wildman–Crippen LogP) is 4.44. The van der Waals surface area contributed by atoms with Gasteiger partial charge in [-0.05, 0) is 36.8 Å². The molecule has 3 rings (SSSR count). The zero-order valence-corrected chi connectivity index (χ0v) is 15.1. The van der Waals surface area contributed by atoms with Crippen LogP contribution in [-0.2, 0) is 6.54 Å². The Morgan fingerprint density at radius 1 is 0.846 bits per heavy atom. The van der Waals surface area contributed by atoms with E-state index >= 15 is 0 Å². The second kappa shape index (κ2) is 9.07. The van der Waals surface area contributed by atoms with Crippen LogP contribution in [0.3, 0.4) is 0 Å². The average Bonchev–Trinajstić information content (AvgIpc) is 2.68. The highest BCUT2D eigenvalue weighted by atomic mass is 16.5. The third kappa shape index (κ3) is 5.36. The van der Waals surface area contributed by atoms with E-state index in [1.54, 1.807) is 0 Å². The molecule has 0 spiro atoms. The number of hydrogen-bond acceptors (Lipinski definition) is 3. The van der Waals surface area contributed by atoms with Crippen molar-refractivity contribution in [2.45, 2.75) is 19.6 Å². The van der Waals surface area contributed by atoms with Crippen molar-refractivity contribution >= 4 is 5.69 Å². The van der Waals surface area contributed by atoms with Crippen molar-refractivity contribution in [3.8, 4) is 5.75 Å². The smallest absolute Gasteiger partial charge is 0.119 e. The van der Waals surface area contributed by atoms with Gasteiger partial charge in [0.15, 0.2) is 0 Å². The second-order valence-corrected chi connectivity index (χ2v) is 6.48. The predicted molar refractivity (Wildman–Crippen MR) is 107 cm³/mol. The highest BCUT2D eigenvalue weighted by Gasteiger charge is 2.14. The Bertz CT molecular complexity index is 772. The Balaban J connectivity index is 1.63. The molecular formula is C23H25NO2. The number of benzene rings is 3. The van der Waals surface area contributed by atoms with Gasteiger partial charge in [-0.2, -0.15) is 0 Å². The Hall–Kier alpha value is -2.78. The number of anilines is 1. The molecule has 3 aromatic carbocycles. The van der Waals surface area contributed by atoms with Crippen molar-refractivity contribution in [2.24, 2.45) is 0 Å². The van der Waals surface area contributed by atoms with E-state index in [1.165, 1.54) is 11.1 Å². The summed E-state index contributed by atoms with van der Waals surface area (Å²) in [6, 6.07) is 28.3. The molecule has 1 unspecified atom stereocenters. The molecule has 0 saturated heterocycles. The summed E-state index contributed by atoms with van der Waals surface area (Å²) in [6.45, 7) is 3.55. The van der Waals surface area contributed by atoms with E-state index in [4.69, 9.17) is 4.74 Å². The number of ether oxygens (including phenoxy) is 1. The van der Waals surface area contributed by atoms with E-state index in [0.717, 1.165) is 18.0 Å². The maximum atomic E-state index is 10.5. The van der Waals surface area contributed by atoms with Gasteiger partial charge in [0.05, 0.1) is 0 Å². The van der Waals surface area contributed by atoms with Crippen LogP contribution < -0.4 is 9.64 Å². The summed E-state index contributed by atoms with van der Waals surface area (Å²) in [4.78, 5) is 2.18. The molecule has 0 aromatic heterocycles. The van der Waals surface area contributed by atoms with Crippen LogP contribution in [0.25, 0.3) is 0 Å². The zero-order valence-electron chi connectivity index (χ0n) is 15.1. The van der Waals surface area contributed by atoms with Crippen LogP contribution in [0.1, 0.15) is 11.1 Å². The molecule has 0 amide bonds. The summed E-state index contributed by atoms with van der Waals surface area (Å²) >= 11 is 0. The van der Waals surface area contributed by atoms with Crippen LogP contribution in [0.2, 0.25) is 0 Å². The third-order valence-electron chi connectivity index (χ3n) is 4.23. The molecule has 0 fully saturated rings. The minimum Gasteiger partial charge on any atom is -0.491 e. The normalized spacial score (nSPS) is 11.8. The van der Waals surface area contributed by atoms with Crippen LogP contribution in [0.15, 0.2) is 84.9 Å². The van der Waals surface area contributed by atoms with Crippen molar-refractivity contribution in [3.05, 3.63) is 96.1 Å². The number of aryl methyl sites for hydroxylation is 1. The first-order valence-electron chi connectivity index (χ1n) is 8.92. The molecular weight excluding hydrogens is 322 g/mol. The fraction of sp³-hybridized carbons (Fsp3) is 0.217. The number of rotatable bonds is 8. The van der Waals surface area contributed by atoms with Gasteiger partial charge in [0.1, 0.15) is 18.5 Å². The van der Waals surface area contributed by atoms with Gasteiger partial charge < -0.3 is 14.7 Å². The van der Waals surface area contributed by atoms with Crippen molar-refractivity contribution in [1.82, 2.24) is 0 Å². The van der Waals surface area contributed by atoms with Gasteiger partial charge in [-0.25, -0.2) is 0 Å². The molecule has 0 bridgehead atoms. The Kier molecular flexibility index (Phi) is 6.29. The fourth-order valence-corrected chi connectivity index (χ4v) is 2.84. The lowest BCUT2D eigenvalue weighted by atomic mass is 10.2.